The number of nitrogens with zero attached hydrogens (tertiary/aromatic N) is 1. The van der Waals surface area contributed by atoms with Crippen molar-refractivity contribution >= 4 is 11.9 Å². The summed E-state index contributed by atoms with van der Waals surface area (Å²) >= 11 is 0. The Morgan fingerprint density at radius 3 is 2.55 bits per heavy atom. The zero-order chi connectivity index (χ0) is 16.5. The first kappa shape index (κ1) is 16.3. The first-order chi connectivity index (χ1) is 10.2. The van der Waals surface area contributed by atoms with Crippen molar-refractivity contribution in [2.24, 2.45) is 0 Å². The third-order valence-electron chi connectivity index (χ3n) is 3.76. The number of carboxylic acids is 1. The minimum absolute atomic E-state index is 0.144. The smallest absolute Gasteiger partial charge is 0.418 e. The highest BCUT2D eigenvalue weighted by Crippen LogP contribution is 2.51. The summed E-state index contributed by atoms with van der Waals surface area (Å²) in [6.07, 6.45) is -2.84. The Bertz CT molecular complexity index is 597. The summed E-state index contributed by atoms with van der Waals surface area (Å²) in [6, 6.07) is 0.916. The number of hydrogen-bond acceptors (Lipinski definition) is 3. The molecule has 1 fully saturated rings. The highest BCUT2D eigenvalue weighted by molar-refractivity contribution is 5.93. The summed E-state index contributed by atoms with van der Waals surface area (Å²) in [4.78, 5) is 27.0. The Hall–Kier alpha value is -2.12. The van der Waals surface area contributed by atoms with Crippen LogP contribution >= 0.6 is 0 Å². The maximum atomic E-state index is 13.1. The van der Waals surface area contributed by atoms with Gasteiger partial charge in [0.1, 0.15) is 6.04 Å². The van der Waals surface area contributed by atoms with E-state index in [2.05, 4.69) is 10.3 Å². The monoisotopic (exact) mass is 316 g/mol. The third-order valence-corrected chi connectivity index (χ3v) is 3.76. The van der Waals surface area contributed by atoms with Crippen molar-refractivity contribution in [3.05, 3.63) is 29.6 Å². The average molecular weight is 316 g/mol. The van der Waals surface area contributed by atoms with E-state index in [-0.39, 0.29) is 25.0 Å². The number of pyridine rings is 1. The molecule has 0 bridgehead atoms. The van der Waals surface area contributed by atoms with E-state index in [1.165, 1.54) is 6.20 Å². The van der Waals surface area contributed by atoms with Gasteiger partial charge in [0.2, 0.25) is 5.91 Å². The Morgan fingerprint density at radius 1 is 1.45 bits per heavy atom. The molecule has 0 spiro atoms. The topological polar surface area (TPSA) is 79.3 Å². The third kappa shape index (κ3) is 2.90. The van der Waals surface area contributed by atoms with Gasteiger partial charge >= 0.3 is 12.1 Å². The molecule has 1 aromatic heterocycles. The Labute approximate surface area is 124 Å². The van der Waals surface area contributed by atoms with Crippen LogP contribution in [0.1, 0.15) is 37.4 Å². The minimum atomic E-state index is -4.61. The fraction of sp³-hybridized carbons (Fsp3) is 0.500. The number of aromatic nitrogens is 1. The van der Waals surface area contributed by atoms with E-state index in [0.29, 0.717) is 0 Å². The fourth-order valence-electron chi connectivity index (χ4n) is 2.35. The molecule has 0 saturated heterocycles. The van der Waals surface area contributed by atoms with Crippen molar-refractivity contribution in [3.63, 3.8) is 0 Å². The lowest BCUT2D eigenvalue weighted by molar-refractivity contribution is -0.143. The van der Waals surface area contributed by atoms with Crippen molar-refractivity contribution in [1.29, 1.82) is 0 Å². The van der Waals surface area contributed by atoms with Gasteiger partial charge in [0.15, 0.2) is 0 Å². The number of carbonyl (C=O) groups is 2. The molecule has 1 saturated carbocycles. The molecule has 1 aromatic rings. The molecule has 8 heteroatoms. The van der Waals surface area contributed by atoms with E-state index in [0.717, 1.165) is 12.1 Å². The number of aliphatic carboxylic acids is 1. The molecule has 2 rings (SSSR count). The molecule has 0 aliphatic heterocycles. The highest BCUT2D eigenvalue weighted by atomic mass is 19.4. The van der Waals surface area contributed by atoms with E-state index in [1.807, 2.05) is 0 Å². The van der Waals surface area contributed by atoms with Gasteiger partial charge in [-0.25, -0.2) is 4.79 Å². The lowest BCUT2D eigenvalue weighted by atomic mass is 9.95. The van der Waals surface area contributed by atoms with Crippen LogP contribution in [-0.4, -0.2) is 28.0 Å². The highest BCUT2D eigenvalue weighted by Gasteiger charge is 2.56. The van der Waals surface area contributed by atoms with Crippen LogP contribution in [0, 0.1) is 0 Å². The predicted molar refractivity (Wildman–Crippen MR) is 70.0 cm³/mol. The van der Waals surface area contributed by atoms with Gasteiger partial charge in [0.25, 0.3) is 0 Å². The number of carboxylic acid groups (broad SMARTS) is 1. The standard InChI is InChI=1S/C14H15F3N2O3/c1-2-9(11(20)21)19-12(22)13(5-6-13)10-8(14(15,16)17)4-3-7-18-10/h3-4,7,9H,2,5-6H2,1H3,(H,19,22)(H,20,21). The lowest BCUT2D eigenvalue weighted by Gasteiger charge is -2.21. The van der Waals surface area contributed by atoms with Gasteiger partial charge in [-0.2, -0.15) is 13.2 Å². The van der Waals surface area contributed by atoms with Crippen LogP contribution in [-0.2, 0) is 21.2 Å². The number of amides is 1. The molecule has 120 valence electrons. The van der Waals surface area contributed by atoms with Crippen LogP contribution < -0.4 is 5.32 Å². The molecule has 5 nitrogen and oxygen atoms in total. The number of alkyl halides is 3. The molecule has 1 atom stereocenters. The van der Waals surface area contributed by atoms with Crippen LogP contribution in [0.5, 0.6) is 0 Å². The average Bonchev–Trinajstić information content (AvgIpc) is 3.25. The minimum Gasteiger partial charge on any atom is -0.480 e. The molecule has 22 heavy (non-hydrogen) atoms. The lowest BCUT2D eigenvalue weighted by Crippen LogP contribution is -2.46. The molecule has 1 heterocycles. The van der Waals surface area contributed by atoms with Gasteiger partial charge in [0.05, 0.1) is 16.7 Å². The van der Waals surface area contributed by atoms with Crippen LogP contribution in [0.2, 0.25) is 0 Å². The van der Waals surface area contributed by atoms with Gasteiger partial charge < -0.3 is 10.4 Å². The van der Waals surface area contributed by atoms with Crippen LogP contribution in [0.3, 0.4) is 0 Å². The van der Waals surface area contributed by atoms with Crippen LogP contribution in [0.15, 0.2) is 18.3 Å². The largest absolute Gasteiger partial charge is 0.480 e. The fourth-order valence-corrected chi connectivity index (χ4v) is 2.35. The quantitative estimate of drug-likeness (QED) is 0.872. The van der Waals surface area contributed by atoms with Crippen molar-refractivity contribution in [2.75, 3.05) is 0 Å². The van der Waals surface area contributed by atoms with Gasteiger partial charge in [0, 0.05) is 6.20 Å². The SMILES string of the molecule is CCC(NC(=O)C1(c2ncccc2C(F)(F)F)CC1)C(=O)O. The van der Waals surface area contributed by atoms with Gasteiger partial charge in [-0.1, -0.05) is 6.92 Å². The van der Waals surface area contributed by atoms with E-state index in [9.17, 15) is 22.8 Å². The summed E-state index contributed by atoms with van der Waals surface area (Å²) in [7, 11) is 0. The molecule has 2 N–H and O–H groups in total. The van der Waals surface area contributed by atoms with Gasteiger partial charge in [-0.15, -0.1) is 0 Å². The summed E-state index contributed by atoms with van der Waals surface area (Å²) in [5, 5.41) is 11.3. The van der Waals surface area contributed by atoms with Crippen molar-refractivity contribution in [1.82, 2.24) is 10.3 Å². The van der Waals surface area contributed by atoms with Gasteiger partial charge in [-0.3, -0.25) is 9.78 Å². The second kappa shape index (κ2) is 5.58. The van der Waals surface area contributed by atoms with Crippen LogP contribution in [0.25, 0.3) is 0 Å². The Balaban J connectivity index is 2.33. The molecule has 1 aliphatic carbocycles. The number of rotatable bonds is 5. The summed E-state index contributed by atoms with van der Waals surface area (Å²) in [5.74, 6) is -1.94. The molecular weight excluding hydrogens is 301 g/mol. The van der Waals surface area contributed by atoms with Crippen molar-refractivity contribution in [2.45, 2.75) is 43.8 Å². The summed E-state index contributed by atoms with van der Waals surface area (Å²) in [6.45, 7) is 1.57. The van der Waals surface area contributed by atoms with Crippen LogP contribution in [0.4, 0.5) is 13.2 Å². The summed E-state index contributed by atoms with van der Waals surface area (Å²) < 4.78 is 39.2. The van der Waals surface area contributed by atoms with E-state index in [1.54, 1.807) is 6.92 Å². The second-order valence-corrected chi connectivity index (χ2v) is 5.25. The first-order valence-electron chi connectivity index (χ1n) is 6.79. The zero-order valence-electron chi connectivity index (χ0n) is 11.8. The maximum absolute atomic E-state index is 13.1. The van der Waals surface area contributed by atoms with E-state index >= 15 is 0 Å². The Morgan fingerprint density at radius 2 is 2.09 bits per heavy atom. The summed E-state index contributed by atoms with van der Waals surface area (Å²) in [5.41, 5.74) is -2.67. The normalized spacial score (nSPS) is 17.6. The molecule has 1 aliphatic rings. The first-order valence-corrected chi connectivity index (χ1v) is 6.79. The molecular formula is C14H15F3N2O3. The van der Waals surface area contributed by atoms with Crippen molar-refractivity contribution in [3.8, 4) is 0 Å². The molecule has 1 unspecified atom stereocenters. The predicted octanol–water partition coefficient (Wildman–Crippen LogP) is 2.11. The van der Waals surface area contributed by atoms with Gasteiger partial charge in [-0.05, 0) is 31.4 Å². The van der Waals surface area contributed by atoms with E-state index < -0.39 is 35.1 Å². The zero-order valence-corrected chi connectivity index (χ0v) is 11.8. The number of halogens is 3. The molecule has 0 aromatic carbocycles. The van der Waals surface area contributed by atoms with E-state index in [4.69, 9.17) is 5.11 Å². The number of carbonyl (C=O) groups excluding carboxylic acids is 1. The maximum Gasteiger partial charge on any atom is 0.418 e. The molecule has 1 amide bonds. The Kier molecular flexibility index (Phi) is 4.12. The number of nitrogens with one attached hydrogen (secondary N) is 1. The molecule has 0 radical (unpaired) electrons. The van der Waals surface area contributed by atoms with Crippen molar-refractivity contribution < 1.29 is 27.9 Å². The second-order valence-electron chi connectivity index (χ2n) is 5.25. The number of hydrogen-bond donors (Lipinski definition) is 2.